The first-order chi connectivity index (χ1) is 11.6. The van der Waals surface area contributed by atoms with Gasteiger partial charge in [-0.15, -0.1) is 8.16 Å². The maximum Gasteiger partial charge on any atom is 0.313 e. The van der Waals surface area contributed by atoms with E-state index in [2.05, 4.69) is 72.5 Å². The van der Waals surface area contributed by atoms with Crippen molar-refractivity contribution >= 4 is 22.3 Å². The largest absolute Gasteiger partial charge is 0.313 e. The Kier molecular flexibility index (Phi) is 3.91. The van der Waals surface area contributed by atoms with Crippen LogP contribution in [-0.2, 0) is 22.0 Å². The molecule has 3 aromatic rings. The minimum absolute atomic E-state index is 0.374. The molecule has 2 bridgehead atoms. The summed E-state index contributed by atoms with van der Waals surface area (Å²) in [5.41, 5.74) is 6.69. The van der Waals surface area contributed by atoms with Crippen LogP contribution in [0, 0.1) is 6.92 Å². The monoisotopic (exact) mass is 339 g/mol. The molecule has 1 aliphatic rings. The maximum atomic E-state index is 5.92. The summed E-state index contributed by atoms with van der Waals surface area (Å²) in [7, 11) is 6.06. The highest BCUT2D eigenvalue weighted by Crippen LogP contribution is 2.43. The number of fused-ring (bicyclic) bond motifs is 7. The van der Waals surface area contributed by atoms with E-state index in [1.54, 1.807) is 0 Å². The van der Waals surface area contributed by atoms with Gasteiger partial charge in [-0.05, 0) is 50.7 Å². The fraction of sp³-hybridized carbons (Fsp3) is 0.300. The smallest absolute Gasteiger partial charge is 0.309 e. The summed E-state index contributed by atoms with van der Waals surface area (Å²) in [4.78, 5) is 3.55. The van der Waals surface area contributed by atoms with Gasteiger partial charge in [0.1, 0.15) is 5.52 Å². The van der Waals surface area contributed by atoms with Crippen molar-refractivity contribution < 1.29 is 4.18 Å². The zero-order valence-corrected chi connectivity index (χ0v) is 15.5. The van der Waals surface area contributed by atoms with E-state index in [1.807, 2.05) is 7.11 Å². The van der Waals surface area contributed by atoms with Crippen LogP contribution >= 0.6 is 0 Å². The van der Waals surface area contributed by atoms with Gasteiger partial charge in [0.25, 0.3) is 0 Å². The number of hydrogen-bond acceptors (Lipinski definition) is 2. The van der Waals surface area contributed by atoms with Gasteiger partial charge in [-0.2, -0.15) is 0 Å². The summed E-state index contributed by atoms with van der Waals surface area (Å²) in [6.07, 6.45) is 3.32. The molecule has 1 unspecified atom stereocenters. The van der Waals surface area contributed by atoms with E-state index in [0.717, 1.165) is 13.0 Å². The van der Waals surface area contributed by atoms with E-state index in [9.17, 15) is 0 Å². The summed E-state index contributed by atoms with van der Waals surface area (Å²) in [5.74, 6) is 0. The molecular weight excluding hydrogens is 316 g/mol. The first kappa shape index (κ1) is 15.8. The third kappa shape index (κ3) is 2.37. The number of para-hydroxylation sites is 1. The third-order valence-corrected chi connectivity index (χ3v) is 6.45. The minimum Gasteiger partial charge on any atom is -0.309 e. The van der Waals surface area contributed by atoms with Gasteiger partial charge in [0.15, 0.2) is 0 Å². The Balaban J connectivity index is 1.90. The maximum absolute atomic E-state index is 5.92. The number of nitrogens with zero attached hydrogens (tertiary/aromatic N) is 2. The van der Waals surface area contributed by atoms with Crippen molar-refractivity contribution in [3.05, 3.63) is 53.7 Å². The van der Waals surface area contributed by atoms with Crippen LogP contribution in [0.3, 0.4) is 0 Å². The van der Waals surface area contributed by atoms with Crippen LogP contribution in [0.25, 0.3) is 22.0 Å². The molecule has 0 saturated heterocycles. The van der Waals surface area contributed by atoms with E-state index < -0.39 is 0 Å². The molecule has 124 valence electrons. The molecule has 0 N–H and O–H groups in total. The fourth-order valence-electron chi connectivity index (χ4n) is 3.48. The van der Waals surface area contributed by atoms with Gasteiger partial charge < -0.3 is 4.90 Å². The van der Waals surface area contributed by atoms with Crippen molar-refractivity contribution in [3.63, 3.8) is 0 Å². The number of aromatic nitrogens is 1. The van der Waals surface area contributed by atoms with Crippen molar-refractivity contribution in [1.82, 2.24) is 8.87 Å². The van der Waals surface area contributed by atoms with Crippen LogP contribution in [0.5, 0.6) is 0 Å². The SMILES string of the molecule is CO[S+]1c2cc(CCN(C)C)c(C)cc2-c2cn1c1ccccc21. The van der Waals surface area contributed by atoms with E-state index >= 15 is 0 Å². The molecule has 4 heteroatoms. The van der Waals surface area contributed by atoms with Gasteiger partial charge in [-0.25, -0.2) is 0 Å². The first-order valence-corrected chi connectivity index (χ1v) is 9.39. The van der Waals surface area contributed by atoms with E-state index in [-0.39, 0.29) is 11.4 Å². The Hall–Kier alpha value is -1.75. The number of benzene rings is 2. The molecule has 24 heavy (non-hydrogen) atoms. The Bertz CT molecular complexity index is 913. The van der Waals surface area contributed by atoms with Crippen molar-refractivity contribution in [1.29, 1.82) is 0 Å². The van der Waals surface area contributed by atoms with Crippen LogP contribution in [-0.4, -0.2) is 36.6 Å². The molecule has 2 heterocycles. The molecule has 1 atom stereocenters. The van der Waals surface area contributed by atoms with Crippen LogP contribution in [0.1, 0.15) is 11.1 Å². The van der Waals surface area contributed by atoms with Crippen molar-refractivity contribution in [3.8, 4) is 11.1 Å². The highest BCUT2D eigenvalue weighted by molar-refractivity contribution is 7.91. The average Bonchev–Trinajstić information content (AvgIpc) is 2.91. The van der Waals surface area contributed by atoms with Crippen LogP contribution in [0.15, 0.2) is 47.5 Å². The van der Waals surface area contributed by atoms with E-state index in [1.165, 1.54) is 38.1 Å². The van der Waals surface area contributed by atoms with Gasteiger partial charge in [0, 0.05) is 29.1 Å². The van der Waals surface area contributed by atoms with E-state index in [4.69, 9.17) is 4.18 Å². The Morgan fingerprint density at radius 1 is 1.12 bits per heavy atom. The Labute approximate surface area is 146 Å². The summed E-state index contributed by atoms with van der Waals surface area (Å²) >= 11 is -0.374. The lowest BCUT2D eigenvalue weighted by Gasteiger charge is -2.16. The van der Waals surface area contributed by atoms with Crippen molar-refractivity contribution in [2.75, 3.05) is 27.7 Å². The Morgan fingerprint density at radius 3 is 2.67 bits per heavy atom. The van der Waals surface area contributed by atoms with Gasteiger partial charge in [0.05, 0.1) is 13.3 Å². The number of hydrogen-bond donors (Lipinski definition) is 0. The molecule has 0 spiro atoms. The summed E-state index contributed by atoms with van der Waals surface area (Å²) in [5, 5.41) is 1.31. The third-order valence-electron chi connectivity index (χ3n) is 4.76. The normalized spacial score (nSPS) is 16.0. The molecule has 3 nitrogen and oxygen atoms in total. The lowest BCUT2D eigenvalue weighted by molar-refractivity contribution is 0.413. The van der Waals surface area contributed by atoms with Gasteiger partial charge >= 0.3 is 11.4 Å². The number of rotatable bonds is 4. The van der Waals surface area contributed by atoms with Gasteiger partial charge in [-0.3, -0.25) is 0 Å². The van der Waals surface area contributed by atoms with Crippen molar-refractivity contribution in [2.45, 2.75) is 18.2 Å². The second kappa shape index (κ2) is 5.96. The quantitative estimate of drug-likeness (QED) is 0.668. The van der Waals surface area contributed by atoms with E-state index in [0.29, 0.717) is 0 Å². The minimum atomic E-state index is -0.374. The predicted octanol–water partition coefficient (Wildman–Crippen LogP) is 4.04. The number of aryl methyl sites for hydroxylation is 1. The predicted molar refractivity (Wildman–Crippen MR) is 102 cm³/mol. The fourth-order valence-corrected chi connectivity index (χ4v) is 5.17. The lowest BCUT2D eigenvalue weighted by atomic mass is 9.97. The number of likely N-dealkylation sites (N-methyl/N-ethyl adjacent to an activating group) is 1. The second-order valence-corrected chi connectivity index (χ2v) is 8.29. The zero-order valence-electron chi connectivity index (χ0n) is 14.7. The summed E-state index contributed by atoms with van der Waals surface area (Å²) in [6, 6.07) is 13.3. The molecule has 0 aliphatic carbocycles. The molecule has 4 rings (SSSR count). The Morgan fingerprint density at radius 2 is 1.92 bits per heavy atom. The summed E-state index contributed by atoms with van der Waals surface area (Å²) in [6.45, 7) is 3.29. The molecule has 1 aliphatic heterocycles. The molecule has 1 aromatic heterocycles. The first-order valence-electron chi connectivity index (χ1n) is 8.28. The lowest BCUT2D eigenvalue weighted by Crippen LogP contribution is -2.19. The molecule has 0 saturated carbocycles. The average molecular weight is 339 g/mol. The molecule has 0 fully saturated rings. The van der Waals surface area contributed by atoms with Crippen LogP contribution in [0.2, 0.25) is 0 Å². The topological polar surface area (TPSA) is 17.4 Å². The highest BCUT2D eigenvalue weighted by Gasteiger charge is 2.38. The van der Waals surface area contributed by atoms with Gasteiger partial charge in [-0.1, -0.05) is 18.2 Å². The molecular formula is C20H23N2OS+. The van der Waals surface area contributed by atoms with Crippen molar-refractivity contribution in [2.24, 2.45) is 0 Å². The summed E-state index contributed by atoms with van der Waals surface area (Å²) < 4.78 is 8.21. The second-order valence-electron chi connectivity index (χ2n) is 6.63. The zero-order chi connectivity index (χ0) is 16.8. The highest BCUT2D eigenvalue weighted by atomic mass is 32.2. The standard InChI is InChI=1S/C20H23N2OS/c1-14-11-17-18-13-22(19-8-6-5-7-16(18)19)24(23-4)20(17)12-15(14)9-10-21(2)3/h5-8,11-13H,9-10H2,1-4H3/q+1. The molecule has 0 amide bonds. The molecule has 2 aromatic carbocycles. The van der Waals surface area contributed by atoms with Crippen LogP contribution in [0.4, 0.5) is 0 Å². The van der Waals surface area contributed by atoms with Crippen LogP contribution < -0.4 is 0 Å². The van der Waals surface area contributed by atoms with Gasteiger partial charge in [0.2, 0.25) is 4.90 Å². The molecule has 0 radical (unpaired) electrons.